The number of carbonyl (C=O) groups excluding carboxylic acids is 1. The maximum atomic E-state index is 14.0. The summed E-state index contributed by atoms with van der Waals surface area (Å²) in [6.45, 7) is 4.14. The van der Waals surface area contributed by atoms with Crippen molar-refractivity contribution >= 4 is 17.0 Å². The minimum Gasteiger partial charge on any atom is -0.421 e. The van der Waals surface area contributed by atoms with Gasteiger partial charge in [0.25, 0.3) is 5.91 Å². The molecule has 2 saturated heterocycles. The van der Waals surface area contributed by atoms with Crippen LogP contribution in [-0.4, -0.2) is 55.3 Å². The van der Waals surface area contributed by atoms with Gasteiger partial charge in [-0.3, -0.25) is 19.3 Å². The first kappa shape index (κ1) is 28.3. The summed E-state index contributed by atoms with van der Waals surface area (Å²) in [5.74, 6) is 0.666. The SMILES string of the molecule is Cc1nnc(-c2c(CCC3CCOCC3)nc3c(c2-c2ccc4c(c2)oc(=O)n4Cc2ccc(C#N)cn2)C(=O)N2CCC[C@@H]32)o1. The zero-order chi connectivity index (χ0) is 31.4. The predicted octanol–water partition coefficient (Wildman–Crippen LogP) is 4.98. The van der Waals surface area contributed by atoms with Crippen LogP contribution in [0.3, 0.4) is 0 Å². The molecule has 5 aromatic rings. The summed E-state index contributed by atoms with van der Waals surface area (Å²) in [6, 6.07) is 10.9. The average molecular weight is 618 g/mol. The molecule has 3 aliphatic rings. The molecule has 1 amide bonds. The lowest BCUT2D eigenvalue weighted by atomic mass is 9.88. The van der Waals surface area contributed by atoms with Crippen LogP contribution in [0.15, 0.2) is 50.2 Å². The normalized spacial score (nSPS) is 17.9. The molecule has 0 radical (unpaired) electrons. The fraction of sp³-hybridized carbons (Fsp3) is 0.382. The molecule has 7 heterocycles. The molecule has 3 aliphatic heterocycles. The van der Waals surface area contributed by atoms with Crippen molar-refractivity contribution in [3.8, 4) is 28.7 Å². The van der Waals surface area contributed by atoms with Gasteiger partial charge in [-0.2, -0.15) is 5.26 Å². The van der Waals surface area contributed by atoms with Gasteiger partial charge in [-0.1, -0.05) is 6.07 Å². The monoisotopic (exact) mass is 617 g/mol. The molecule has 2 fully saturated rings. The molecule has 0 N–H and O–H groups in total. The highest BCUT2D eigenvalue weighted by Crippen LogP contribution is 2.48. The van der Waals surface area contributed by atoms with Gasteiger partial charge in [0, 0.05) is 38.4 Å². The van der Waals surface area contributed by atoms with Gasteiger partial charge in [-0.15, -0.1) is 10.2 Å². The maximum Gasteiger partial charge on any atom is 0.420 e. The number of oxazole rings is 1. The molecule has 0 unspecified atom stereocenters. The summed E-state index contributed by atoms with van der Waals surface area (Å²) in [6.07, 6.45) is 6.91. The van der Waals surface area contributed by atoms with Crippen LogP contribution in [-0.2, 0) is 17.7 Å². The van der Waals surface area contributed by atoms with Gasteiger partial charge in [0.05, 0.1) is 51.9 Å². The molecule has 46 heavy (non-hydrogen) atoms. The third-order valence-electron chi connectivity index (χ3n) is 9.44. The summed E-state index contributed by atoms with van der Waals surface area (Å²) >= 11 is 0. The van der Waals surface area contributed by atoms with Crippen molar-refractivity contribution in [2.75, 3.05) is 19.8 Å². The zero-order valence-corrected chi connectivity index (χ0v) is 25.4. The van der Waals surface area contributed by atoms with Crippen molar-refractivity contribution in [3.05, 3.63) is 81.2 Å². The Balaban J connectivity index is 1.28. The second-order valence-corrected chi connectivity index (χ2v) is 12.2. The number of nitrogens with zero attached hydrogens (tertiary/aromatic N) is 7. The number of aromatic nitrogens is 5. The van der Waals surface area contributed by atoms with E-state index in [1.807, 2.05) is 17.0 Å². The number of amides is 1. The highest BCUT2D eigenvalue weighted by molar-refractivity contribution is 6.08. The van der Waals surface area contributed by atoms with Gasteiger partial charge in [0.15, 0.2) is 5.58 Å². The maximum absolute atomic E-state index is 14.0. The number of rotatable bonds is 7. The second kappa shape index (κ2) is 11.3. The molecule has 1 atom stereocenters. The smallest absolute Gasteiger partial charge is 0.420 e. The fourth-order valence-corrected chi connectivity index (χ4v) is 7.14. The third kappa shape index (κ3) is 4.79. The molecule has 1 aromatic carbocycles. The Morgan fingerprint density at radius 3 is 2.65 bits per heavy atom. The van der Waals surface area contributed by atoms with Gasteiger partial charge in [0.1, 0.15) is 6.07 Å². The van der Waals surface area contributed by atoms with Gasteiger partial charge < -0.3 is 18.5 Å². The van der Waals surface area contributed by atoms with E-state index in [0.29, 0.717) is 75.3 Å². The minimum absolute atomic E-state index is 0.0560. The van der Waals surface area contributed by atoms with E-state index in [4.69, 9.17) is 23.8 Å². The van der Waals surface area contributed by atoms with E-state index < -0.39 is 5.76 Å². The number of hydrogen-bond donors (Lipinski definition) is 0. The van der Waals surface area contributed by atoms with E-state index in [0.717, 1.165) is 56.7 Å². The van der Waals surface area contributed by atoms with Crippen molar-refractivity contribution in [2.45, 2.75) is 58.0 Å². The number of ether oxygens (including phenoxy) is 1. The van der Waals surface area contributed by atoms with Crippen LogP contribution in [0.1, 0.15) is 77.0 Å². The van der Waals surface area contributed by atoms with Gasteiger partial charge >= 0.3 is 5.76 Å². The zero-order valence-electron chi connectivity index (χ0n) is 25.4. The Morgan fingerprint density at radius 1 is 1.02 bits per heavy atom. The number of aryl methyl sites for hydroxylation is 2. The van der Waals surface area contributed by atoms with Crippen LogP contribution in [0.5, 0.6) is 0 Å². The van der Waals surface area contributed by atoms with Crippen molar-refractivity contribution < 1.29 is 18.4 Å². The lowest BCUT2D eigenvalue weighted by molar-refractivity contribution is 0.0639. The summed E-state index contributed by atoms with van der Waals surface area (Å²) in [5.41, 5.74) is 6.25. The van der Waals surface area contributed by atoms with Crippen LogP contribution >= 0.6 is 0 Å². The van der Waals surface area contributed by atoms with E-state index >= 15 is 0 Å². The Morgan fingerprint density at radius 2 is 1.89 bits per heavy atom. The summed E-state index contributed by atoms with van der Waals surface area (Å²) in [4.78, 5) is 38.6. The standard InChI is InChI=1S/C34H31N7O5/c1-19-38-39-32(45-19)29-24(8-5-20-10-13-44-14-11-20)37-31-26-3-2-12-40(26)33(42)30(31)28(29)22-6-9-25-27(15-22)46-34(43)41(25)18-23-7-4-21(16-35)17-36-23/h4,6-7,9,15,17,20,26H,2-3,5,8,10-14,18H2,1H3/t26-/m0/s1. The quantitative estimate of drug-likeness (QED) is 0.244. The lowest BCUT2D eigenvalue weighted by Gasteiger charge is -2.23. The third-order valence-corrected chi connectivity index (χ3v) is 9.44. The number of pyridine rings is 2. The Hall–Kier alpha value is -5.15. The number of nitriles is 1. The van der Waals surface area contributed by atoms with E-state index in [1.54, 1.807) is 25.1 Å². The molecule has 0 saturated carbocycles. The van der Waals surface area contributed by atoms with E-state index in [2.05, 4.69) is 21.3 Å². The highest BCUT2D eigenvalue weighted by atomic mass is 16.5. The molecule has 8 rings (SSSR count). The first-order valence-electron chi connectivity index (χ1n) is 15.7. The topological polar surface area (TPSA) is 153 Å². The van der Waals surface area contributed by atoms with E-state index in [1.165, 1.54) is 10.8 Å². The first-order valence-corrected chi connectivity index (χ1v) is 15.7. The Bertz CT molecular complexity index is 2080. The summed E-state index contributed by atoms with van der Waals surface area (Å²) in [7, 11) is 0. The number of benzene rings is 1. The summed E-state index contributed by atoms with van der Waals surface area (Å²) in [5, 5.41) is 17.7. The van der Waals surface area contributed by atoms with Crippen LogP contribution in [0, 0.1) is 24.2 Å². The van der Waals surface area contributed by atoms with Crippen molar-refractivity contribution in [1.29, 1.82) is 5.26 Å². The Kier molecular flexibility index (Phi) is 6.98. The minimum atomic E-state index is -0.528. The highest BCUT2D eigenvalue weighted by Gasteiger charge is 2.44. The lowest BCUT2D eigenvalue weighted by Crippen LogP contribution is -2.23. The Labute approximate surface area is 263 Å². The van der Waals surface area contributed by atoms with Crippen molar-refractivity contribution in [1.82, 2.24) is 29.6 Å². The largest absolute Gasteiger partial charge is 0.421 e. The van der Waals surface area contributed by atoms with Crippen molar-refractivity contribution in [3.63, 3.8) is 0 Å². The van der Waals surface area contributed by atoms with Crippen LogP contribution < -0.4 is 5.76 Å². The first-order chi connectivity index (χ1) is 22.5. The molecule has 12 nitrogen and oxygen atoms in total. The molecule has 0 spiro atoms. The number of hydrogen-bond acceptors (Lipinski definition) is 10. The number of carbonyl (C=O) groups is 1. The van der Waals surface area contributed by atoms with Crippen LogP contribution in [0.25, 0.3) is 33.7 Å². The van der Waals surface area contributed by atoms with Crippen molar-refractivity contribution in [2.24, 2.45) is 5.92 Å². The van der Waals surface area contributed by atoms with E-state index in [-0.39, 0.29) is 18.5 Å². The fourth-order valence-electron chi connectivity index (χ4n) is 7.14. The molecule has 4 aromatic heterocycles. The average Bonchev–Trinajstić information content (AvgIpc) is 3.86. The second-order valence-electron chi connectivity index (χ2n) is 12.2. The van der Waals surface area contributed by atoms with Gasteiger partial charge in [-0.25, -0.2) is 4.79 Å². The summed E-state index contributed by atoms with van der Waals surface area (Å²) < 4.78 is 18.9. The molecule has 232 valence electrons. The molecule has 0 bridgehead atoms. The van der Waals surface area contributed by atoms with Crippen LogP contribution in [0.4, 0.5) is 0 Å². The number of fused-ring (bicyclic) bond motifs is 4. The van der Waals surface area contributed by atoms with Gasteiger partial charge in [-0.05, 0) is 74.3 Å². The van der Waals surface area contributed by atoms with E-state index in [9.17, 15) is 9.59 Å². The molecular weight excluding hydrogens is 586 g/mol. The predicted molar refractivity (Wildman–Crippen MR) is 165 cm³/mol. The molecular formula is C34H31N7O5. The van der Waals surface area contributed by atoms with Gasteiger partial charge in [0.2, 0.25) is 11.8 Å². The van der Waals surface area contributed by atoms with Crippen LogP contribution in [0.2, 0.25) is 0 Å². The molecule has 0 aliphatic carbocycles. The molecule has 12 heteroatoms.